The fraction of sp³-hybridized carbons (Fsp3) is 0.500. The largest absolute Gasteiger partial charge is 0.497 e. The van der Waals surface area contributed by atoms with E-state index in [1.54, 1.807) is 13.2 Å². The van der Waals surface area contributed by atoms with Crippen LogP contribution in [0.25, 0.3) is 6.08 Å². The molecule has 4 nitrogen and oxygen atoms in total. The van der Waals surface area contributed by atoms with Crippen molar-refractivity contribution in [2.75, 3.05) is 33.3 Å². The number of ether oxygens (including phenoxy) is 1. The minimum Gasteiger partial charge on any atom is -0.497 e. The van der Waals surface area contributed by atoms with E-state index in [0.29, 0.717) is 0 Å². The van der Waals surface area contributed by atoms with E-state index in [0.717, 1.165) is 37.2 Å². The molecule has 0 aromatic heterocycles. The third-order valence-electron chi connectivity index (χ3n) is 3.92. The second kappa shape index (κ2) is 9.26. The van der Waals surface area contributed by atoms with E-state index in [4.69, 9.17) is 4.74 Å². The second-order valence-electron chi connectivity index (χ2n) is 5.66. The van der Waals surface area contributed by atoms with Crippen molar-refractivity contribution in [2.24, 2.45) is 0 Å². The van der Waals surface area contributed by atoms with Gasteiger partial charge in [0, 0.05) is 12.6 Å². The highest BCUT2D eigenvalue weighted by molar-refractivity contribution is 5.91. The average Bonchev–Trinajstić information content (AvgIpc) is 3.06. The van der Waals surface area contributed by atoms with E-state index >= 15 is 0 Å². The SMILES string of the molecule is COc1cccc(/C=C/C(=O)NCCCCN2CCCC2)c1. The first kappa shape index (κ1) is 16.6. The molecular formula is C18H26N2O2. The lowest BCUT2D eigenvalue weighted by molar-refractivity contribution is -0.116. The van der Waals surface area contributed by atoms with Crippen molar-refractivity contribution >= 4 is 12.0 Å². The Hall–Kier alpha value is -1.81. The Bertz CT molecular complexity index is 494. The molecule has 0 unspecified atom stereocenters. The molecule has 1 aliphatic heterocycles. The zero-order chi connectivity index (χ0) is 15.6. The van der Waals surface area contributed by atoms with Gasteiger partial charge in [0.15, 0.2) is 0 Å². The molecule has 1 heterocycles. The molecule has 1 aromatic carbocycles. The topological polar surface area (TPSA) is 41.6 Å². The molecule has 0 atom stereocenters. The number of carbonyl (C=O) groups excluding carboxylic acids is 1. The van der Waals surface area contributed by atoms with Gasteiger partial charge in [-0.05, 0) is 69.1 Å². The molecule has 0 bridgehead atoms. The van der Waals surface area contributed by atoms with Crippen molar-refractivity contribution in [1.29, 1.82) is 0 Å². The summed E-state index contributed by atoms with van der Waals surface area (Å²) in [5.41, 5.74) is 0.962. The molecule has 0 saturated carbocycles. The Morgan fingerprint density at radius 1 is 1.32 bits per heavy atom. The van der Waals surface area contributed by atoms with Gasteiger partial charge in [0.05, 0.1) is 7.11 Å². The fourth-order valence-electron chi connectivity index (χ4n) is 2.65. The monoisotopic (exact) mass is 302 g/mol. The number of amides is 1. The lowest BCUT2D eigenvalue weighted by Crippen LogP contribution is -2.24. The van der Waals surface area contributed by atoms with Crippen molar-refractivity contribution in [2.45, 2.75) is 25.7 Å². The number of nitrogens with one attached hydrogen (secondary N) is 1. The minimum absolute atomic E-state index is 0.0380. The molecule has 1 fully saturated rings. The van der Waals surface area contributed by atoms with Crippen LogP contribution in [0.1, 0.15) is 31.2 Å². The average molecular weight is 302 g/mol. The van der Waals surface area contributed by atoms with Crippen molar-refractivity contribution in [3.63, 3.8) is 0 Å². The van der Waals surface area contributed by atoms with Crippen LogP contribution < -0.4 is 10.1 Å². The summed E-state index contributed by atoms with van der Waals surface area (Å²) in [7, 11) is 1.64. The summed E-state index contributed by atoms with van der Waals surface area (Å²) in [6, 6.07) is 7.65. The van der Waals surface area contributed by atoms with Crippen LogP contribution in [0.2, 0.25) is 0 Å². The number of likely N-dealkylation sites (tertiary alicyclic amines) is 1. The molecule has 0 aliphatic carbocycles. The molecule has 0 spiro atoms. The highest BCUT2D eigenvalue weighted by Gasteiger charge is 2.09. The summed E-state index contributed by atoms with van der Waals surface area (Å²) < 4.78 is 5.16. The first-order valence-electron chi connectivity index (χ1n) is 8.10. The molecule has 1 saturated heterocycles. The van der Waals surface area contributed by atoms with E-state index in [-0.39, 0.29) is 5.91 Å². The highest BCUT2D eigenvalue weighted by atomic mass is 16.5. The number of rotatable bonds is 8. The molecule has 2 rings (SSSR count). The summed E-state index contributed by atoms with van der Waals surface area (Å²) in [5.74, 6) is 0.758. The third-order valence-corrected chi connectivity index (χ3v) is 3.92. The molecule has 120 valence electrons. The quantitative estimate of drug-likeness (QED) is 0.593. The van der Waals surface area contributed by atoms with Gasteiger partial charge < -0.3 is 15.0 Å². The maximum atomic E-state index is 11.8. The molecule has 1 aliphatic rings. The van der Waals surface area contributed by atoms with Gasteiger partial charge in [-0.15, -0.1) is 0 Å². The molecular weight excluding hydrogens is 276 g/mol. The van der Waals surface area contributed by atoms with Crippen molar-refractivity contribution in [3.8, 4) is 5.75 Å². The molecule has 22 heavy (non-hydrogen) atoms. The minimum atomic E-state index is -0.0380. The Labute approximate surface area is 133 Å². The first-order chi connectivity index (χ1) is 10.8. The zero-order valence-corrected chi connectivity index (χ0v) is 13.4. The summed E-state index contributed by atoms with van der Waals surface area (Å²) in [4.78, 5) is 14.3. The summed E-state index contributed by atoms with van der Waals surface area (Å²) >= 11 is 0. The van der Waals surface area contributed by atoms with Gasteiger partial charge >= 0.3 is 0 Å². The van der Waals surface area contributed by atoms with Gasteiger partial charge in [0.2, 0.25) is 5.91 Å². The number of nitrogens with zero attached hydrogens (tertiary/aromatic N) is 1. The Morgan fingerprint density at radius 2 is 2.14 bits per heavy atom. The Kier molecular flexibility index (Phi) is 6.97. The van der Waals surface area contributed by atoms with Crippen LogP contribution in [0, 0.1) is 0 Å². The lowest BCUT2D eigenvalue weighted by atomic mass is 10.2. The standard InChI is InChI=1S/C18H26N2O2/c1-22-17-8-6-7-16(15-17)9-10-18(21)19-11-2-3-12-20-13-4-5-14-20/h6-10,15H,2-5,11-14H2,1H3,(H,19,21)/b10-9+. The molecule has 1 amide bonds. The van der Waals surface area contributed by atoms with E-state index in [2.05, 4.69) is 10.2 Å². The maximum absolute atomic E-state index is 11.8. The smallest absolute Gasteiger partial charge is 0.243 e. The summed E-state index contributed by atoms with van der Waals surface area (Å²) in [6.45, 7) is 4.40. The van der Waals surface area contributed by atoms with Crippen LogP contribution in [0.5, 0.6) is 5.75 Å². The second-order valence-corrected chi connectivity index (χ2v) is 5.66. The number of unbranched alkanes of at least 4 members (excludes halogenated alkanes) is 1. The normalized spacial score (nSPS) is 15.3. The van der Waals surface area contributed by atoms with E-state index in [9.17, 15) is 4.79 Å². The van der Waals surface area contributed by atoms with Crippen LogP contribution in [0.4, 0.5) is 0 Å². The van der Waals surface area contributed by atoms with Crippen LogP contribution >= 0.6 is 0 Å². The van der Waals surface area contributed by atoms with Gasteiger partial charge in [-0.3, -0.25) is 4.79 Å². The third kappa shape index (κ3) is 5.90. The van der Waals surface area contributed by atoms with Crippen molar-refractivity contribution in [3.05, 3.63) is 35.9 Å². The Morgan fingerprint density at radius 3 is 2.91 bits per heavy atom. The van der Waals surface area contributed by atoms with Gasteiger partial charge in [0.1, 0.15) is 5.75 Å². The molecule has 1 aromatic rings. The fourth-order valence-corrected chi connectivity index (χ4v) is 2.65. The van der Waals surface area contributed by atoms with Crippen molar-refractivity contribution in [1.82, 2.24) is 10.2 Å². The van der Waals surface area contributed by atoms with E-state index in [1.807, 2.05) is 30.3 Å². The molecule has 0 radical (unpaired) electrons. The van der Waals surface area contributed by atoms with Crippen LogP contribution in [-0.4, -0.2) is 44.1 Å². The van der Waals surface area contributed by atoms with Gasteiger partial charge in [-0.25, -0.2) is 0 Å². The van der Waals surface area contributed by atoms with Gasteiger partial charge in [0.25, 0.3) is 0 Å². The number of benzene rings is 1. The number of carbonyl (C=O) groups is 1. The summed E-state index contributed by atoms with van der Waals surface area (Å²) in [6.07, 6.45) is 8.25. The maximum Gasteiger partial charge on any atom is 0.243 e. The van der Waals surface area contributed by atoms with Gasteiger partial charge in [-0.1, -0.05) is 12.1 Å². The van der Waals surface area contributed by atoms with Gasteiger partial charge in [-0.2, -0.15) is 0 Å². The molecule has 1 N–H and O–H groups in total. The lowest BCUT2D eigenvalue weighted by Gasteiger charge is -2.13. The number of hydrogen-bond acceptors (Lipinski definition) is 3. The zero-order valence-electron chi connectivity index (χ0n) is 13.4. The number of methoxy groups -OCH3 is 1. The number of hydrogen-bond donors (Lipinski definition) is 1. The van der Waals surface area contributed by atoms with Crippen molar-refractivity contribution < 1.29 is 9.53 Å². The summed E-state index contributed by atoms with van der Waals surface area (Å²) in [5, 5.41) is 2.93. The molecule has 4 heteroatoms. The van der Waals surface area contributed by atoms with E-state index < -0.39 is 0 Å². The van der Waals surface area contributed by atoms with E-state index in [1.165, 1.54) is 25.9 Å². The predicted molar refractivity (Wildman–Crippen MR) is 89.9 cm³/mol. The van der Waals surface area contributed by atoms with Crippen LogP contribution in [0.15, 0.2) is 30.3 Å². The highest BCUT2D eigenvalue weighted by Crippen LogP contribution is 2.13. The van der Waals surface area contributed by atoms with Crippen LogP contribution in [-0.2, 0) is 4.79 Å². The first-order valence-corrected chi connectivity index (χ1v) is 8.10. The Balaban J connectivity index is 1.61. The predicted octanol–water partition coefficient (Wildman–Crippen LogP) is 2.70. The van der Waals surface area contributed by atoms with Crippen LogP contribution in [0.3, 0.4) is 0 Å².